The van der Waals surface area contributed by atoms with Crippen LogP contribution in [0.1, 0.15) is 30.0 Å². The number of nitrogens with zero attached hydrogens (tertiary/aromatic N) is 4. The summed E-state index contributed by atoms with van der Waals surface area (Å²) in [5.74, 6) is 0.983. The standard InChI is InChI=1S/C25H33ClN4O3S/c1-19-27-21(17-34-19)15-23(31)29-8-6-25(7-9-29,18-33-22-5-3-4-20(26)14-22)16-24(32)30-12-10-28(2)11-13-30/h3-5,14,17H,6-13,15-16,18H2,1-2H3. The summed E-state index contributed by atoms with van der Waals surface area (Å²) in [7, 11) is 2.09. The molecule has 2 fully saturated rings. The highest BCUT2D eigenvalue weighted by molar-refractivity contribution is 7.09. The summed E-state index contributed by atoms with van der Waals surface area (Å²) in [4.78, 5) is 36.7. The molecule has 0 radical (unpaired) electrons. The Hall–Kier alpha value is -2.16. The number of benzene rings is 1. The number of carbonyl (C=O) groups excluding carboxylic acids is 2. The van der Waals surface area contributed by atoms with Crippen LogP contribution >= 0.6 is 22.9 Å². The SMILES string of the molecule is Cc1nc(CC(=O)N2CCC(COc3cccc(Cl)c3)(CC(=O)N3CCN(C)CC3)CC2)cs1. The van der Waals surface area contributed by atoms with E-state index in [1.165, 1.54) is 0 Å². The Morgan fingerprint density at radius 2 is 1.79 bits per heavy atom. The van der Waals surface area contributed by atoms with E-state index in [-0.39, 0.29) is 17.2 Å². The molecule has 1 aromatic heterocycles. The van der Waals surface area contributed by atoms with Crippen molar-refractivity contribution in [2.45, 2.75) is 32.6 Å². The van der Waals surface area contributed by atoms with Crippen molar-refractivity contribution in [1.82, 2.24) is 19.7 Å². The first-order valence-corrected chi connectivity index (χ1v) is 13.1. The molecule has 1 aromatic carbocycles. The maximum Gasteiger partial charge on any atom is 0.228 e. The minimum atomic E-state index is -0.309. The number of likely N-dealkylation sites (tertiary alicyclic amines) is 1. The highest BCUT2D eigenvalue weighted by Crippen LogP contribution is 2.37. The molecule has 0 N–H and O–H groups in total. The fourth-order valence-electron chi connectivity index (χ4n) is 4.64. The number of piperazine rings is 1. The van der Waals surface area contributed by atoms with Gasteiger partial charge in [-0.15, -0.1) is 11.3 Å². The number of aryl methyl sites for hydroxylation is 1. The van der Waals surface area contributed by atoms with E-state index in [0.29, 0.717) is 43.3 Å². The molecule has 0 atom stereocenters. The summed E-state index contributed by atoms with van der Waals surface area (Å²) in [5, 5.41) is 3.55. The van der Waals surface area contributed by atoms with Crippen LogP contribution in [0.3, 0.4) is 0 Å². The minimum Gasteiger partial charge on any atom is -0.493 e. The van der Waals surface area contributed by atoms with Crippen LogP contribution in [-0.2, 0) is 16.0 Å². The van der Waals surface area contributed by atoms with E-state index in [0.717, 1.165) is 49.7 Å². The van der Waals surface area contributed by atoms with E-state index >= 15 is 0 Å². The molecule has 0 spiro atoms. The van der Waals surface area contributed by atoms with Crippen molar-refractivity contribution in [3.63, 3.8) is 0 Å². The number of piperidine rings is 1. The molecule has 3 heterocycles. The molecular formula is C25H33ClN4O3S. The van der Waals surface area contributed by atoms with Crippen molar-refractivity contribution in [3.8, 4) is 5.75 Å². The first kappa shape index (κ1) is 24.9. The van der Waals surface area contributed by atoms with E-state index < -0.39 is 0 Å². The predicted octanol–water partition coefficient (Wildman–Crippen LogP) is 3.50. The van der Waals surface area contributed by atoms with Crippen molar-refractivity contribution in [1.29, 1.82) is 0 Å². The van der Waals surface area contributed by atoms with Crippen LogP contribution < -0.4 is 4.74 Å². The number of ether oxygens (including phenoxy) is 1. The maximum atomic E-state index is 13.2. The van der Waals surface area contributed by atoms with Crippen molar-refractivity contribution < 1.29 is 14.3 Å². The number of rotatable bonds is 7. The summed E-state index contributed by atoms with van der Waals surface area (Å²) in [6, 6.07) is 7.36. The number of likely N-dealkylation sites (N-methyl/N-ethyl adjacent to an activating group) is 1. The second-order valence-electron chi connectivity index (χ2n) is 9.52. The van der Waals surface area contributed by atoms with E-state index in [1.54, 1.807) is 17.4 Å². The van der Waals surface area contributed by atoms with Crippen LogP contribution in [0.5, 0.6) is 5.75 Å². The van der Waals surface area contributed by atoms with Crippen LogP contribution in [0, 0.1) is 12.3 Å². The predicted molar refractivity (Wildman–Crippen MR) is 134 cm³/mol. The smallest absolute Gasteiger partial charge is 0.228 e. The maximum absolute atomic E-state index is 13.2. The molecular weight excluding hydrogens is 472 g/mol. The average Bonchev–Trinajstić information content (AvgIpc) is 3.23. The van der Waals surface area contributed by atoms with Gasteiger partial charge in [-0.05, 0) is 45.0 Å². The average molecular weight is 505 g/mol. The van der Waals surface area contributed by atoms with Crippen molar-refractivity contribution >= 4 is 34.8 Å². The fourth-order valence-corrected chi connectivity index (χ4v) is 5.43. The molecule has 9 heteroatoms. The number of amides is 2. The van der Waals surface area contributed by atoms with Gasteiger partial charge in [-0.3, -0.25) is 9.59 Å². The van der Waals surface area contributed by atoms with Gasteiger partial charge >= 0.3 is 0 Å². The number of hydrogen-bond donors (Lipinski definition) is 0. The molecule has 4 rings (SSSR count). The molecule has 2 amide bonds. The molecule has 2 aliphatic rings. The Bertz CT molecular complexity index is 998. The largest absolute Gasteiger partial charge is 0.493 e. The zero-order chi connectivity index (χ0) is 24.1. The monoisotopic (exact) mass is 504 g/mol. The van der Waals surface area contributed by atoms with Crippen LogP contribution in [0.2, 0.25) is 5.02 Å². The van der Waals surface area contributed by atoms with Crippen LogP contribution in [0.25, 0.3) is 0 Å². The Morgan fingerprint density at radius 1 is 1.09 bits per heavy atom. The van der Waals surface area contributed by atoms with Gasteiger partial charge in [0.25, 0.3) is 0 Å². The van der Waals surface area contributed by atoms with E-state index in [4.69, 9.17) is 16.3 Å². The van der Waals surface area contributed by atoms with Gasteiger partial charge < -0.3 is 19.4 Å². The summed E-state index contributed by atoms with van der Waals surface area (Å²) in [6.45, 7) is 6.95. The first-order chi connectivity index (χ1) is 16.3. The Morgan fingerprint density at radius 3 is 2.44 bits per heavy atom. The van der Waals surface area contributed by atoms with Crippen molar-refractivity contribution in [3.05, 3.63) is 45.4 Å². The van der Waals surface area contributed by atoms with Gasteiger partial charge in [0.1, 0.15) is 5.75 Å². The van der Waals surface area contributed by atoms with Crippen LogP contribution in [0.4, 0.5) is 0 Å². The third kappa shape index (κ3) is 6.49. The molecule has 0 unspecified atom stereocenters. The highest BCUT2D eigenvalue weighted by Gasteiger charge is 2.40. The normalized spacial score (nSPS) is 18.7. The number of hydrogen-bond acceptors (Lipinski definition) is 6. The van der Waals surface area contributed by atoms with Gasteiger partial charge in [-0.2, -0.15) is 0 Å². The van der Waals surface area contributed by atoms with Crippen LogP contribution in [-0.4, -0.2) is 84.4 Å². The Balaban J connectivity index is 1.41. The number of aromatic nitrogens is 1. The third-order valence-electron chi connectivity index (χ3n) is 6.90. The van der Waals surface area contributed by atoms with Gasteiger partial charge in [0.15, 0.2) is 0 Å². The van der Waals surface area contributed by atoms with E-state index in [1.807, 2.05) is 40.3 Å². The van der Waals surface area contributed by atoms with Gasteiger partial charge in [-0.25, -0.2) is 4.98 Å². The molecule has 2 aliphatic heterocycles. The third-order valence-corrected chi connectivity index (χ3v) is 7.96. The lowest BCUT2D eigenvalue weighted by Crippen LogP contribution is -2.51. The van der Waals surface area contributed by atoms with E-state index in [9.17, 15) is 9.59 Å². The quantitative estimate of drug-likeness (QED) is 0.577. The number of carbonyl (C=O) groups is 2. The number of thiazole rings is 1. The molecule has 7 nitrogen and oxygen atoms in total. The fraction of sp³-hybridized carbons (Fsp3) is 0.560. The highest BCUT2D eigenvalue weighted by atomic mass is 35.5. The van der Waals surface area contributed by atoms with Crippen LogP contribution in [0.15, 0.2) is 29.6 Å². The lowest BCUT2D eigenvalue weighted by molar-refractivity contribution is -0.138. The van der Waals surface area contributed by atoms with Gasteiger partial charge in [-0.1, -0.05) is 17.7 Å². The lowest BCUT2D eigenvalue weighted by atomic mass is 9.75. The molecule has 0 bridgehead atoms. The Kier molecular flexibility index (Phi) is 8.11. The van der Waals surface area contributed by atoms with Crippen molar-refractivity contribution in [2.24, 2.45) is 5.41 Å². The molecule has 34 heavy (non-hydrogen) atoms. The zero-order valence-corrected chi connectivity index (χ0v) is 21.5. The zero-order valence-electron chi connectivity index (χ0n) is 20.0. The second-order valence-corrected chi connectivity index (χ2v) is 11.0. The second kappa shape index (κ2) is 11.1. The molecule has 2 aromatic rings. The summed E-state index contributed by atoms with van der Waals surface area (Å²) in [5.41, 5.74) is 0.524. The summed E-state index contributed by atoms with van der Waals surface area (Å²) < 4.78 is 6.15. The van der Waals surface area contributed by atoms with Gasteiger partial charge in [0.2, 0.25) is 11.8 Å². The molecule has 0 aliphatic carbocycles. The molecule has 0 saturated carbocycles. The van der Waals surface area contributed by atoms with E-state index in [2.05, 4.69) is 16.9 Å². The lowest BCUT2D eigenvalue weighted by Gasteiger charge is -2.42. The number of halogens is 1. The summed E-state index contributed by atoms with van der Waals surface area (Å²) >= 11 is 7.69. The molecule has 2 saturated heterocycles. The van der Waals surface area contributed by atoms with Gasteiger partial charge in [0.05, 0.1) is 23.7 Å². The topological polar surface area (TPSA) is 66.0 Å². The summed E-state index contributed by atoms with van der Waals surface area (Å²) in [6.07, 6.45) is 2.23. The Labute approximate surface area is 210 Å². The minimum absolute atomic E-state index is 0.0973. The first-order valence-electron chi connectivity index (χ1n) is 11.9. The van der Waals surface area contributed by atoms with Gasteiger partial charge in [0, 0.05) is 61.5 Å². The molecule has 184 valence electrons. The van der Waals surface area contributed by atoms with Crippen molar-refractivity contribution in [2.75, 3.05) is 52.9 Å².